The van der Waals surface area contributed by atoms with E-state index in [0.29, 0.717) is 24.7 Å². The van der Waals surface area contributed by atoms with Gasteiger partial charge >= 0.3 is 0 Å². The summed E-state index contributed by atoms with van der Waals surface area (Å²) in [7, 11) is 0. The maximum absolute atomic E-state index is 12.6. The zero-order valence-electron chi connectivity index (χ0n) is 16.9. The van der Waals surface area contributed by atoms with E-state index in [4.69, 9.17) is 15.0 Å². The summed E-state index contributed by atoms with van der Waals surface area (Å²) >= 11 is 0. The Balaban J connectivity index is 1.44. The highest BCUT2D eigenvalue weighted by atomic mass is 16.7. The van der Waals surface area contributed by atoms with Gasteiger partial charge in [-0.1, -0.05) is 36.4 Å². The van der Waals surface area contributed by atoms with E-state index in [9.17, 15) is 4.79 Å². The molecule has 1 aromatic heterocycles. The number of aliphatic imine (C=N–C) groups is 1. The standard InChI is InChI=1S/C24H20N4O3/c1-16-13-22-26-24(29)20(23(25)28(22)31-16)14-17-15-27(21-10-6-5-9-19(17)21)11-12-30-18-7-3-2-4-8-18/h2-10,13-15,25H,11-12H2,1H3/b20-14-,25-23?. The smallest absolute Gasteiger partial charge is 0.282 e. The number of carbonyl (C=O) groups is 1. The van der Waals surface area contributed by atoms with E-state index in [1.54, 1.807) is 19.1 Å². The molecule has 154 valence electrons. The van der Waals surface area contributed by atoms with Crippen LogP contribution in [-0.2, 0) is 16.2 Å². The Labute approximate surface area is 179 Å². The molecule has 3 aromatic rings. The molecule has 0 bridgehead atoms. The van der Waals surface area contributed by atoms with E-state index in [1.165, 1.54) is 5.06 Å². The Kier molecular flexibility index (Phi) is 4.63. The zero-order valence-corrected chi connectivity index (χ0v) is 16.9. The number of ether oxygens (including phenoxy) is 1. The van der Waals surface area contributed by atoms with Crippen LogP contribution in [0.3, 0.4) is 0 Å². The van der Waals surface area contributed by atoms with E-state index >= 15 is 0 Å². The molecule has 0 radical (unpaired) electrons. The lowest BCUT2D eigenvalue weighted by molar-refractivity contribution is -0.114. The summed E-state index contributed by atoms with van der Waals surface area (Å²) in [5.74, 6) is 1.28. The highest BCUT2D eigenvalue weighted by Crippen LogP contribution is 2.27. The van der Waals surface area contributed by atoms with Gasteiger partial charge in [-0.15, -0.1) is 5.06 Å². The van der Waals surface area contributed by atoms with Gasteiger partial charge < -0.3 is 14.1 Å². The fraction of sp³-hybridized carbons (Fsp3) is 0.125. The highest BCUT2D eigenvalue weighted by Gasteiger charge is 2.34. The van der Waals surface area contributed by atoms with Gasteiger partial charge in [-0.25, -0.2) is 0 Å². The maximum atomic E-state index is 12.6. The van der Waals surface area contributed by atoms with Crippen LogP contribution in [0.25, 0.3) is 17.0 Å². The number of rotatable bonds is 5. The molecule has 2 aromatic carbocycles. The number of hydrogen-bond acceptors (Lipinski definition) is 4. The third-order valence-corrected chi connectivity index (χ3v) is 5.14. The first kappa shape index (κ1) is 18.9. The molecule has 7 heteroatoms. The van der Waals surface area contributed by atoms with E-state index < -0.39 is 5.91 Å². The molecule has 0 saturated heterocycles. The van der Waals surface area contributed by atoms with Crippen LogP contribution in [0.15, 0.2) is 83.2 Å². The van der Waals surface area contributed by atoms with Crippen molar-refractivity contribution < 1.29 is 14.4 Å². The fourth-order valence-corrected chi connectivity index (χ4v) is 3.71. The van der Waals surface area contributed by atoms with Crippen LogP contribution in [0, 0.1) is 5.41 Å². The Hall–Kier alpha value is -4.13. The van der Waals surface area contributed by atoms with Gasteiger partial charge in [0.25, 0.3) is 5.91 Å². The minimum absolute atomic E-state index is 0.0210. The molecule has 0 saturated carbocycles. The molecule has 0 atom stereocenters. The van der Waals surface area contributed by atoms with Crippen molar-refractivity contribution >= 4 is 34.6 Å². The van der Waals surface area contributed by atoms with Gasteiger partial charge in [0, 0.05) is 28.7 Å². The fourth-order valence-electron chi connectivity index (χ4n) is 3.71. The topological polar surface area (TPSA) is 79.9 Å². The van der Waals surface area contributed by atoms with Crippen LogP contribution in [0.2, 0.25) is 0 Å². The van der Waals surface area contributed by atoms with Crippen molar-refractivity contribution in [2.45, 2.75) is 13.5 Å². The summed E-state index contributed by atoms with van der Waals surface area (Å²) in [5, 5.41) is 10.7. The molecule has 0 fully saturated rings. The quantitative estimate of drug-likeness (QED) is 0.638. The monoisotopic (exact) mass is 412 g/mol. The molecular weight excluding hydrogens is 392 g/mol. The van der Waals surface area contributed by atoms with Gasteiger partial charge in [-0.3, -0.25) is 10.2 Å². The summed E-state index contributed by atoms with van der Waals surface area (Å²) in [6, 6.07) is 17.6. The second-order valence-electron chi connectivity index (χ2n) is 7.28. The first-order valence-electron chi connectivity index (χ1n) is 9.96. The average Bonchev–Trinajstić information content (AvgIpc) is 3.32. The number of amidine groups is 2. The average molecular weight is 412 g/mol. The Morgan fingerprint density at radius 1 is 1.13 bits per heavy atom. The van der Waals surface area contributed by atoms with Crippen molar-refractivity contribution in [2.75, 3.05) is 6.61 Å². The van der Waals surface area contributed by atoms with Crippen molar-refractivity contribution in [3.05, 3.63) is 83.8 Å². The molecule has 0 unspecified atom stereocenters. The highest BCUT2D eigenvalue weighted by molar-refractivity contribution is 6.32. The summed E-state index contributed by atoms with van der Waals surface area (Å²) in [6.45, 7) is 2.91. The SMILES string of the molecule is CC1=CC2=NC(=O)/C(=C\c3cn(CCOc4ccccc4)c4ccccc34)C(=N)N2O1. The maximum Gasteiger partial charge on any atom is 0.282 e. The Morgan fingerprint density at radius 2 is 1.90 bits per heavy atom. The lowest BCUT2D eigenvalue weighted by Gasteiger charge is -2.22. The number of nitrogens with one attached hydrogen (secondary N) is 1. The number of fused-ring (bicyclic) bond motifs is 2. The molecule has 1 amide bonds. The molecule has 7 nitrogen and oxygen atoms in total. The lowest BCUT2D eigenvalue weighted by atomic mass is 10.1. The molecule has 5 rings (SSSR count). The number of hydrogen-bond donors (Lipinski definition) is 1. The molecule has 2 aliphatic heterocycles. The number of hydroxylamine groups is 2. The Bertz CT molecular complexity index is 1280. The summed E-state index contributed by atoms with van der Waals surface area (Å²) in [4.78, 5) is 22.2. The normalized spacial score (nSPS) is 16.9. The summed E-state index contributed by atoms with van der Waals surface area (Å²) in [6.07, 6.45) is 5.32. The van der Waals surface area contributed by atoms with Crippen molar-refractivity contribution in [3.63, 3.8) is 0 Å². The minimum atomic E-state index is -0.449. The number of aromatic nitrogens is 1. The second-order valence-corrected chi connectivity index (χ2v) is 7.28. The predicted molar refractivity (Wildman–Crippen MR) is 119 cm³/mol. The van der Waals surface area contributed by atoms with Crippen molar-refractivity contribution in [1.29, 1.82) is 5.41 Å². The number of para-hydroxylation sites is 2. The third kappa shape index (κ3) is 3.50. The predicted octanol–water partition coefficient (Wildman–Crippen LogP) is 4.17. The van der Waals surface area contributed by atoms with Gasteiger partial charge in [0.05, 0.1) is 12.1 Å². The van der Waals surface area contributed by atoms with Crippen LogP contribution in [0.1, 0.15) is 12.5 Å². The molecule has 1 N–H and O–H groups in total. The van der Waals surface area contributed by atoms with E-state index in [0.717, 1.165) is 22.2 Å². The first-order valence-corrected chi connectivity index (χ1v) is 9.96. The van der Waals surface area contributed by atoms with Gasteiger partial charge in [-0.05, 0) is 31.2 Å². The molecule has 3 heterocycles. The largest absolute Gasteiger partial charge is 0.492 e. The number of amides is 1. The van der Waals surface area contributed by atoms with Gasteiger partial charge in [0.2, 0.25) is 0 Å². The van der Waals surface area contributed by atoms with Gasteiger partial charge in [0.1, 0.15) is 18.1 Å². The van der Waals surface area contributed by atoms with E-state index in [2.05, 4.69) is 9.56 Å². The lowest BCUT2D eigenvalue weighted by Crippen LogP contribution is -2.38. The third-order valence-electron chi connectivity index (χ3n) is 5.14. The van der Waals surface area contributed by atoms with E-state index in [1.807, 2.05) is 60.8 Å². The van der Waals surface area contributed by atoms with Crippen molar-refractivity contribution in [1.82, 2.24) is 9.63 Å². The van der Waals surface area contributed by atoms with Gasteiger partial charge in [-0.2, -0.15) is 4.99 Å². The molecule has 2 aliphatic rings. The molecule has 31 heavy (non-hydrogen) atoms. The molecule has 0 aliphatic carbocycles. The van der Waals surface area contributed by atoms with Crippen LogP contribution in [0.5, 0.6) is 5.75 Å². The molecule has 0 spiro atoms. The van der Waals surface area contributed by atoms with Gasteiger partial charge in [0.15, 0.2) is 11.7 Å². The molecular formula is C24H20N4O3. The van der Waals surface area contributed by atoms with Crippen molar-refractivity contribution in [3.8, 4) is 5.75 Å². The summed E-state index contributed by atoms with van der Waals surface area (Å²) < 4.78 is 7.93. The second kappa shape index (κ2) is 7.60. The van der Waals surface area contributed by atoms with Crippen LogP contribution >= 0.6 is 0 Å². The number of nitrogens with zero attached hydrogens (tertiary/aromatic N) is 3. The number of benzene rings is 2. The van der Waals surface area contributed by atoms with Crippen LogP contribution in [0.4, 0.5) is 0 Å². The van der Waals surface area contributed by atoms with Crippen LogP contribution in [-0.4, -0.2) is 33.8 Å². The zero-order chi connectivity index (χ0) is 21.4. The van der Waals surface area contributed by atoms with E-state index in [-0.39, 0.29) is 11.4 Å². The minimum Gasteiger partial charge on any atom is -0.492 e. The van der Waals surface area contributed by atoms with Crippen molar-refractivity contribution in [2.24, 2.45) is 4.99 Å². The number of allylic oxidation sites excluding steroid dienone is 1. The Morgan fingerprint density at radius 3 is 2.74 bits per heavy atom. The number of carbonyl (C=O) groups excluding carboxylic acids is 1. The summed E-state index contributed by atoms with van der Waals surface area (Å²) in [5.41, 5.74) is 2.06. The van der Waals surface area contributed by atoms with Crippen LogP contribution < -0.4 is 4.74 Å². The first-order chi connectivity index (χ1) is 15.1.